The summed E-state index contributed by atoms with van der Waals surface area (Å²) in [5.41, 5.74) is 0.175. The van der Waals surface area contributed by atoms with E-state index in [0.717, 1.165) is 11.8 Å². The second-order valence-corrected chi connectivity index (χ2v) is 4.55. The van der Waals surface area contributed by atoms with Crippen molar-refractivity contribution < 1.29 is 9.18 Å². The second-order valence-electron chi connectivity index (χ2n) is 2.84. The predicted octanol–water partition coefficient (Wildman–Crippen LogP) is 3.95. The summed E-state index contributed by atoms with van der Waals surface area (Å²) in [6.07, 6.45) is 1.11. The van der Waals surface area contributed by atoms with Gasteiger partial charge in [0.05, 0.1) is 5.56 Å². The van der Waals surface area contributed by atoms with Gasteiger partial charge in [0.15, 0.2) is 5.78 Å². The van der Waals surface area contributed by atoms with Crippen LogP contribution in [0.15, 0.2) is 22.7 Å². The van der Waals surface area contributed by atoms with Crippen molar-refractivity contribution in [2.24, 2.45) is 0 Å². The molecule has 0 saturated heterocycles. The van der Waals surface area contributed by atoms with E-state index in [4.69, 9.17) is 0 Å². The lowest BCUT2D eigenvalue weighted by molar-refractivity contribution is 0.0978. The molecule has 76 valence electrons. The molecule has 0 saturated carbocycles. The maximum absolute atomic E-state index is 13.3. The monoisotopic (exact) mass is 322 g/mol. The molecule has 0 aliphatic carbocycles. The van der Waals surface area contributed by atoms with E-state index in [1.54, 1.807) is 6.07 Å². The Morgan fingerprint density at radius 3 is 2.71 bits per heavy atom. The Hall–Kier alpha value is -0.220. The van der Waals surface area contributed by atoms with E-state index in [9.17, 15) is 9.18 Å². The van der Waals surface area contributed by atoms with Crippen LogP contribution >= 0.6 is 31.9 Å². The molecule has 4 heteroatoms. The summed E-state index contributed by atoms with van der Waals surface area (Å²) >= 11 is 6.37. The molecule has 0 amide bonds. The number of ketones is 1. The number of carbonyl (C=O) groups excluding carboxylic acids is 1. The average molecular weight is 324 g/mol. The largest absolute Gasteiger partial charge is 0.294 e. The first-order valence-electron chi connectivity index (χ1n) is 4.19. The molecule has 1 aromatic rings. The van der Waals surface area contributed by atoms with E-state index in [-0.39, 0.29) is 11.3 Å². The number of carbonyl (C=O) groups is 1. The zero-order valence-electron chi connectivity index (χ0n) is 7.40. The smallest absolute Gasteiger partial charge is 0.165 e. The molecular formula is C10H9Br2FO. The van der Waals surface area contributed by atoms with Gasteiger partial charge in [-0.3, -0.25) is 4.79 Å². The predicted molar refractivity (Wildman–Crippen MR) is 61.5 cm³/mol. The van der Waals surface area contributed by atoms with Crippen molar-refractivity contribution in [2.75, 3.05) is 5.33 Å². The maximum Gasteiger partial charge on any atom is 0.165 e. The van der Waals surface area contributed by atoms with Crippen molar-refractivity contribution in [1.29, 1.82) is 0 Å². The molecule has 0 N–H and O–H groups in total. The Kier molecular flexibility index (Phi) is 4.75. The highest BCUT2D eigenvalue weighted by Crippen LogP contribution is 2.17. The standard InChI is InChI=1S/C10H9Br2FO/c11-5-1-2-10(14)8-4-3-7(12)6-9(8)13/h3-4,6H,1-2,5H2. The Morgan fingerprint density at radius 2 is 2.14 bits per heavy atom. The Labute approximate surface area is 99.0 Å². The number of hydrogen-bond acceptors (Lipinski definition) is 1. The van der Waals surface area contributed by atoms with Crippen LogP contribution in [0.4, 0.5) is 4.39 Å². The zero-order chi connectivity index (χ0) is 10.6. The summed E-state index contributed by atoms with van der Waals surface area (Å²) in [5, 5.41) is 0.761. The van der Waals surface area contributed by atoms with Gasteiger partial charge in [-0.15, -0.1) is 0 Å². The molecule has 0 aromatic heterocycles. The Bertz CT molecular complexity index is 339. The number of hydrogen-bond donors (Lipinski definition) is 0. The first kappa shape index (κ1) is 11.9. The molecule has 0 radical (unpaired) electrons. The maximum atomic E-state index is 13.3. The molecule has 0 heterocycles. The molecule has 1 nitrogen and oxygen atoms in total. The third-order valence-corrected chi connectivity index (χ3v) is 2.82. The van der Waals surface area contributed by atoms with Gasteiger partial charge in [-0.25, -0.2) is 4.39 Å². The quantitative estimate of drug-likeness (QED) is 0.606. The normalized spacial score (nSPS) is 10.2. The molecule has 14 heavy (non-hydrogen) atoms. The summed E-state index contributed by atoms with van der Waals surface area (Å²) in [5.74, 6) is -0.603. The first-order chi connectivity index (χ1) is 6.65. The highest BCUT2D eigenvalue weighted by molar-refractivity contribution is 9.10. The molecule has 1 aromatic carbocycles. The van der Waals surface area contributed by atoms with Crippen LogP contribution in [-0.4, -0.2) is 11.1 Å². The number of halogens is 3. The minimum Gasteiger partial charge on any atom is -0.294 e. The Morgan fingerprint density at radius 1 is 1.43 bits per heavy atom. The molecule has 1 rings (SSSR count). The summed E-state index contributed by atoms with van der Waals surface area (Å²) in [6, 6.07) is 4.49. The minimum atomic E-state index is -0.459. The highest BCUT2D eigenvalue weighted by Gasteiger charge is 2.10. The third kappa shape index (κ3) is 3.17. The first-order valence-corrected chi connectivity index (χ1v) is 6.11. The Balaban J connectivity index is 2.80. The van der Waals surface area contributed by atoms with Gasteiger partial charge in [-0.05, 0) is 24.6 Å². The van der Waals surface area contributed by atoms with E-state index >= 15 is 0 Å². The van der Waals surface area contributed by atoms with Crippen LogP contribution in [0, 0.1) is 5.82 Å². The fourth-order valence-corrected chi connectivity index (χ4v) is 1.69. The topological polar surface area (TPSA) is 17.1 Å². The van der Waals surface area contributed by atoms with E-state index in [2.05, 4.69) is 31.9 Å². The van der Waals surface area contributed by atoms with Crippen molar-refractivity contribution in [3.63, 3.8) is 0 Å². The summed E-state index contributed by atoms with van der Waals surface area (Å²) < 4.78 is 13.9. The average Bonchev–Trinajstić information content (AvgIpc) is 2.14. The molecule has 0 bridgehead atoms. The highest BCUT2D eigenvalue weighted by atomic mass is 79.9. The van der Waals surface area contributed by atoms with Crippen molar-refractivity contribution in [3.05, 3.63) is 34.1 Å². The van der Waals surface area contributed by atoms with Gasteiger partial charge < -0.3 is 0 Å². The summed E-state index contributed by atoms with van der Waals surface area (Å²) in [6.45, 7) is 0. The van der Waals surface area contributed by atoms with Crippen molar-refractivity contribution in [3.8, 4) is 0 Å². The van der Waals surface area contributed by atoms with Gasteiger partial charge in [-0.1, -0.05) is 31.9 Å². The van der Waals surface area contributed by atoms with Gasteiger partial charge in [0, 0.05) is 16.2 Å². The fourth-order valence-electron chi connectivity index (χ4n) is 1.08. The molecular weight excluding hydrogens is 315 g/mol. The summed E-state index contributed by atoms with van der Waals surface area (Å²) in [4.78, 5) is 11.5. The molecule has 0 aliphatic rings. The lowest BCUT2D eigenvalue weighted by atomic mass is 10.1. The lowest BCUT2D eigenvalue weighted by Crippen LogP contribution is -2.02. The van der Waals surface area contributed by atoms with Crippen LogP contribution in [0.5, 0.6) is 0 Å². The van der Waals surface area contributed by atoms with Gasteiger partial charge in [0.25, 0.3) is 0 Å². The summed E-state index contributed by atoms with van der Waals surface area (Å²) in [7, 11) is 0. The second kappa shape index (κ2) is 5.61. The van der Waals surface area contributed by atoms with E-state index in [1.165, 1.54) is 12.1 Å². The van der Waals surface area contributed by atoms with Crippen LogP contribution in [0.25, 0.3) is 0 Å². The molecule has 0 spiro atoms. The SMILES string of the molecule is O=C(CCCBr)c1ccc(Br)cc1F. The van der Waals surface area contributed by atoms with Crippen molar-refractivity contribution in [2.45, 2.75) is 12.8 Å². The van der Waals surface area contributed by atoms with Crippen LogP contribution < -0.4 is 0 Å². The molecule has 0 aliphatic heterocycles. The van der Waals surface area contributed by atoms with Gasteiger partial charge in [0.2, 0.25) is 0 Å². The van der Waals surface area contributed by atoms with E-state index in [1.807, 2.05) is 0 Å². The number of alkyl halides is 1. The van der Waals surface area contributed by atoms with Crippen LogP contribution in [0.3, 0.4) is 0 Å². The third-order valence-electron chi connectivity index (χ3n) is 1.77. The van der Waals surface area contributed by atoms with Gasteiger partial charge >= 0.3 is 0 Å². The molecule has 0 fully saturated rings. The van der Waals surface area contributed by atoms with Gasteiger partial charge in [-0.2, -0.15) is 0 Å². The van der Waals surface area contributed by atoms with Crippen LogP contribution in [-0.2, 0) is 0 Å². The molecule has 0 atom stereocenters. The van der Waals surface area contributed by atoms with E-state index in [0.29, 0.717) is 10.9 Å². The van der Waals surface area contributed by atoms with E-state index < -0.39 is 5.82 Å². The zero-order valence-corrected chi connectivity index (χ0v) is 10.6. The lowest BCUT2D eigenvalue weighted by Gasteiger charge is -2.01. The van der Waals surface area contributed by atoms with Crippen LogP contribution in [0.2, 0.25) is 0 Å². The molecule has 0 unspecified atom stereocenters. The van der Waals surface area contributed by atoms with Crippen LogP contribution in [0.1, 0.15) is 23.2 Å². The number of Topliss-reactive ketones (excluding diaryl/α,β-unsaturated/α-hetero) is 1. The van der Waals surface area contributed by atoms with Crippen molar-refractivity contribution in [1.82, 2.24) is 0 Å². The van der Waals surface area contributed by atoms with Crippen molar-refractivity contribution >= 4 is 37.6 Å². The number of rotatable bonds is 4. The number of benzene rings is 1. The minimum absolute atomic E-state index is 0.144. The van der Waals surface area contributed by atoms with Gasteiger partial charge in [0.1, 0.15) is 5.82 Å². The fraction of sp³-hybridized carbons (Fsp3) is 0.300.